The Morgan fingerprint density at radius 1 is 1.11 bits per heavy atom. The summed E-state index contributed by atoms with van der Waals surface area (Å²) >= 11 is 0. The van der Waals surface area contributed by atoms with E-state index in [0.29, 0.717) is 18.7 Å². The third kappa shape index (κ3) is 7.72. The minimum atomic E-state index is -5.08. The number of rotatable bonds is 3. The van der Waals surface area contributed by atoms with Gasteiger partial charge in [0.05, 0.1) is 13.2 Å². The molecule has 2 aromatic rings. The molecule has 2 fully saturated rings. The molecular weight excluding hydrogens is 470 g/mol. The topological polar surface area (TPSA) is 83.0 Å². The summed E-state index contributed by atoms with van der Waals surface area (Å²) in [6.45, 7) is 5.56. The monoisotopic (exact) mass is 497 g/mol. The van der Waals surface area contributed by atoms with Gasteiger partial charge in [0.2, 0.25) is 0 Å². The van der Waals surface area contributed by atoms with Gasteiger partial charge < -0.3 is 14.7 Å². The van der Waals surface area contributed by atoms with E-state index in [2.05, 4.69) is 16.0 Å². The van der Waals surface area contributed by atoms with Gasteiger partial charge >= 0.3 is 12.1 Å². The second kappa shape index (κ2) is 11.6. The van der Waals surface area contributed by atoms with E-state index in [4.69, 9.17) is 14.6 Å². The van der Waals surface area contributed by atoms with Crippen LogP contribution in [0, 0.1) is 11.2 Å². The zero-order valence-electron chi connectivity index (χ0n) is 19.0. The van der Waals surface area contributed by atoms with E-state index < -0.39 is 12.1 Å². The lowest BCUT2D eigenvalue weighted by Crippen LogP contribution is -2.48. The number of carbonyl (C=O) groups excluding carboxylic acids is 1. The van der Waals surface area contributed by atoms with Crippen molar-refractivity contribution in [3.8, 4) is 0 Å². The van der Waals surface area contributed by atoms with E-state index in [1.54, 1.807) is 18.3 Å². The number of alkyl halides is 3. The predicted octanol–water partition coefficient (Wildman–Crippen LogP) is 3.61. The Morgan fingerprint density at radius 2 is 1.83 bits per heavy atom. The lowest BCUT2D eigenvalue weighted by Gasteiger charge is -2.42. The average Bonchev–Trinajstić information content (AvgIpc) is 3.01. The molecule has 11 heteroatoms. The van der Waals surface area contributed by atoms with Crippen molar-refractivity contribution in [2.24, 2.45) is 5.41 Å². The molecule has 190 valence electrons. The summed E-state index contributed by atoms with van der Waals surface area (Å²) in [6.07, 6.45) is 0.426. The molecule has 1 N–H and O–H groups in total. The van der Waals surface area contributed by atoms with Crippen LogP contribution in [0.25, 0.3) is 0 Å². The van der Waals surface area contributed by atoms with Gasteiger partial charge in [0.1, 0.15) is 5.82 Å². The Kier molecular flexibility index (Phi) is 8.79. The molecule has 0 atom stereocenters. The molecule has 1 aromatic heterocycles. The average molecular weight is 497 g/mol. The maximum absolute atomic E-state index is 13.5. The van der Waals surface area contributed by atoms with E-state index >= 15 is 0 Å². The highest BCUT2D eigenvalue weighted by molar-refractivity contribution is 5.94. The minimum Gasteiger partial charge on any atom is -0.475 e. The van der Waals surface area contributed by atoms with Gasteiger partial charge in [-0.1, -0.05) is 12.1 Å². The third-order valence-corrected chi connectivity index (χ3v) is 6.07. The Hall–Kier alpha value is -3.05. The number of carboxylic acids is 1. The maximum atomic E-state index is 13.5. The Morgan fingerprint density at radius 3 is 2.43 bits per heavy atom. The maximum Gasteiger partial charge on any atom is 0.490 e. The van der Waals surface area contributed by atoms with Gasteiger partial charge in [-0.2, -0.15) is 13.2 Å². The Bertz CT molecular complexity index is 996. The number of aromatic nitrogens is 1. The highest BCUT2D eigenvalue weighted by Gasteiger charge is 2.39. The van der Waals surface area contributed by atoms with Crippen molar-refractivity contribution < 1.29 is 37.0 Å². The summed E-state index contributed by atoms with van der Waals surface area (Å²) in [6, 6.07) is 10.0. The number of carbonyl (C=O) groups is 2. The molecule has 1 amide bonds. The molecule has 0 radical (unpaired) electrons. The Labute approximate surface area is 200 Å². The zero-order valence-corrected chi connectivity index (χ0v) is 19.0. The number of likely N-dealkylation sites (tertiary alicyclic amines) is 1. The van der Waals surface area contributed by atoms with Crippen molar-refractivity contribution in [3.05, 3.63) is 65.7 Å². The second-order valence-corrected chi connectivity index (χ2v) is 8.73. The Balaban J connectivity index is 0.000000429. The molecule has 35 heavy (non-hydrogen) atoms. The van der Waals surface area contributed by atoms with Crippen LogP contribution >= 0.6 is 0 Å². The van der Waals surface area contributed by atoms with Gasteiger partial charge in [-0.25, -0.2) is 9.18 Å². The summed E-state index contributed by atoms with van der Waals surface area (Å²) < 4.78 is 51.1. The number of pyridine rings is 1. The molecule has 2 aliphatic heterocycles. The van der Waals surface area contributed by atoms with Crippen molar-refractivity contribution in [2.45, 2.75) is 25.6 Å². The fourth-order valence-corrected chi connectivity index (χ4v) is 4.26. The van der Waals surface area contributed by atoms with Crippen LogP contribution in [0.2, 0.25) is 0 Å². The lowest BCUT2D eigenvalue weighted by atomic mass is 9.78. The molecule has 1 aromatic carbocycles. The van der Waals surface area contributed by atoms with Crippen LogP contribution in [-0.2, 0) is 16.1 Å². The molecule has 0 bridgehead atoms. The first-order valence-electron chi connectivity index (χ1n) is 11.1. The van der Waals surface area contributed by atoms with Crippen molar-refractivity contribution in [3.63, 3.8) is 0 Å². The summed E-state index contributed by atoms with van der Waals surface area (Å²) in [5.41, 5.74) is 1.70. The van der Waals surface area contributed by atoms with E-state index in [1.165, 1.54) is 17.7 Å². The fourth-order valence-electron chi connectivity index (χ4n) is 4.26. The normalized spacial score (nSPS) is 18.3. The number of hydrogen-bond acceptors (Lipinski definition) is 5. The van der Waals surface area contributed by atoms with E-state index in [9.17, 15) is 22.4 Å². The van der Waals surface area contributed by atoms with E-state index in [-0.39, 0.29) is 17.1 Å². The fraction of sp³-hybridized carbons (Fsp3) is 0.458. The van der Waals surface area contributed by atoms with Crippen molar-refractivity contribution in [1.82, 2.24) is 14.8 Å². The van der Waals surface area contributed by atoms with Crippen molar-refractivity contribution in [1.29, 1.82) is 0 Å². The number of hydrogen-bond donors (Lipinski definition) is 1. The number of halogens is 4. The third-order valence-electron chi connectivity index (χ3n) is 6.07. The first-order chi connectivity index (χ1) is 16.6. The molecule has 0 unspecified atom stereocenters. The first-order valence-corrected chi connectivity index (χ1v) is 11.1. The predicted molar refractivity (Wildman–Crippen MR) is 118 cm³/mol. The summed E-state index contributed by atoms with van der Waals surface area (Å²) in [4.78, 5) is 30.1. The van der Waals surface area contributed by atoms with Crippen LogP contribution < -0.4 is 0 Å². The van der Waals surface area contributed by atoms with Gasteiger partial charge in [-0.3, -0.25) is 14.7 Å². The van der Waals surface area contributed by atoms with Gasteiger partial charge in [-0.15, -0.1) is 0 Å². The van der Waals surface area contributed by atoms with Crippen LogP contribution in [0.3, 0.4) is 0 Å². The van der Waals surface area contributed by atoms with Crippen LogP contribution in [-0.4, -0.2) is 77.3 Å². The van der Waals surface area contributed by atoms with E-state index in [1.807, 2.05) is 17.2 Å². The molecule has 2 aliphatic rings. The van der Waals surface area contributed by atoms with Crippen molar-refractivity contribution >= 4 is 11.9 Å². The summed E-state index contributed by atoms with van der Waals surface area (Å²) in [5.74, 6) is -3.22. The van der Waals surface area contributed by atoms with Gasteiger partial charge in [0.15, 0.2) is 0 Å². The van der Waals surface area contributed by atoms with E-state index in [0.717, 1.165) is 45.7 Å². The number of benzene rings is 1. The molecular formula is C24H27F4N3O4. The SMILES string of the molecule is O=C(O)C(F)(F)F.O=C(c1cccc(F)c1)N1CCC2(CC1)COCCN(Cc1cccnc1)C2. The van der Waals surface area contributed by atoms with Gasteiger partial charge in [-0.05, 0) is 42.7 Å². The summed E-state index contributed by atoms with van der Waals surface area (Å²) in [7, 11) is 0. The number of piperidine rings is 1. The number of amides is 1. The van der Waals surface area contributed by atoms with Crippen LogP contribution in [0.5, 0.6) is 0 Å². The first kappa shape index (κ1) is 26.6. The second-order valence-electron chi connectivity index (χ2n) is 8.73. The highest BCUT2D eigenvalue weighted by atomic mass is 19.4. The number of aliphatic carboxylic acids is 1. The quantitative estimate of drug-likeness (QED) is 0.653. The minimum absolute atomic E-state index is 0.0669. The number of ether oxygens (including phenoxy) is 1. The zero-order chi connectivity index (χ0) is 25.5. The number of nitrogens with zero attached hydrogens (tertiary/aromatic N) is 3. The standard InChI is InChI=1S/C22H26FN3O2.C2HF3O2/c23-20-5-1-4-19(13-20)21(27)26-9-6-22(7-10-26)16-25(11-12-28-17-22)15-18-3-2-8-24-14-18;3-2(4,5)1(6)7/h1-5,8,13-14H,6-7,9-12,15-17H2;(H,6,7). The molecule has 2 saturated heterocycles. The molecule has 4 rings (SSSR count). The van der Waals surface area contributed by atoms with Crippen LogP contribution in [0.4, 0.5) is 17.6 Å². The van der Waals surface area contributed by atoms with Gasteiger partial charge in [0, 0.05) is 56.1 Å². The smallest absolute Gasteiger partial charge is 0.475 e. The van der Waals surface area contributed by atoms with Gasteiger partial charge in [0.25, 0.3) is 5.91 Å². The molecule has 0 saturated carbocycles. The molecule has 7 nitrogen and oxygen atoms in total. The molecule has 3 heterocycles. The molecule has 0 aliphatic carbocycles. The highest BCUT2D eigenvalue weighted by Crippen LogP contribution is 2.35. The number of carboxylic acid groups (broad SMARTS) is 1. The largest absolute Gasteiger partial charge is 0.490 e. The van der Waals surface area contributed by atoms with Crippen LogP contribution in [0.1, 0.15) is 28.8 Å². The molecule has 1 spiro atoms. The van der Waals surface area contributed by atoms with Crippen LogP contribution in [0.15, 0.2) is 48.8 Å². The lowest BCUT2D eigenvalue weighted by molar-refractivity contribution is -0.192. The van der Waals surface area contributed by atoms with Crippen molar-refractivity contribution in [2.75, 3.05) is 39.4 Å². The summed E-state index contributed by atoms with van der Waals surface area (Å²) in [5, 5.41) is 7.12.